The molecule has 0 saturated carbocycles. The zero-order valence-corrected chi connectivity index (χ0v) is 19.9. The second-order valence-corrected chi connectivity index (χ2v) is 9.86. The van der Waals surface area contributed by atoms with Crippen molar-refractivity contribution >= 4 is 46.3 Å². The van der Waals surface area contributed by atoms with Crippen molar-refractivity contribution in [1.29, 1.82) is 0 Å². The first kappa shape index (κ1) is 21.9. The average molecular weight is 498 g/mol. The van der Waals surface area contributed by atoms with Gasteiger partial charge in [0.15, 0.2) is 5.16 Å². The quantitative estimate of drug-likeness (QED) is 0.309. The first-order valence-corrected chi connectivity index (χ1v) is 12.6. The third-order valence-corrected chi connectivity index (χ3v) is 7.45. The molecule has 10 heteroatoms. The highest BCUT2D eigenvalue weighted by Crippen LogP contribution is 2.34. The smallest absolute Gasteiger partial charge is 0.253 e. The van der Waals surface area contributed by atoms with Gasteiger partial charge in [-0.3, -0.25) is 4.79 Å². The first-order valence-electron chi connectivity index (χ1n) is 10.4. The van der Waals surface area contributed by atoms with Crippen molar-refractivity contribution in [2.24, 2.45) is 5.10 Å². The van der Waals surface area contributed by atoms with Crippen LogP contribution in [0.5, 0.6) is 0 Å². The number of hydrogen-bond acceptors (Lipinski definition) is 7. The van der Waals surface area contributed by atoms with Gasteiger partial charge in [-0.25, -0.2) is 5.01 Å². The number of hydrazone groups is 1. The summed E-state index contributed by atoms with van der Waals surface area (Å²) < 4.78 is 7.60. The van der Waals surface area contributed by atoms with Crippen molar-refractivity contribution in [2.45, 2.75) is 30.6 Å². The number of benzene rings is 1. The zero-order chi connectivity index (χ0) is 22.6. The fourth-order valence-electron chi connectivity index (χ4n) is 3.65. The van der Waals surface area contributed by atoms with Gasteiger partial charge in [0.1, 0.15) is 18.1 Å². The minimum atomic E-state index is -0.282. The van der Waals surface area contributed by atoms with Crippen molar-refractivity contribution in [1.82, 2.24) is 19.8 Å². The van der Waals surface area contributed by atoms with Gasteiger partial charge in [-0.15, -0.1) is 21.5 Å². The maximum absolute atomic E-state index is 13.2. The van der Waals surface area contributed by atoms with Crippen LogP contribution in [0.1, 0.15) is 28.7 Å². The summed E-state index contributed by atoms with van der Waals surface area (Å²) in [5, 5.41) is 17.9. The number of aryl methyl sites for hydroxylation is 2. The van der Waals surface area contributed by atoms with Crippen LogP contribution in [0.4, 0.5) is 0 Å². The molecule has 33 heavy (non-hydrogen) atoms. The Morgan fingerprint density at radius 2 is 2.09 bits per heavy atom. The van der Waals surface area contributed by atoms with Gasteiger partial charge < -0.3 is 8.98 Å². The van der Waals surface area contributed by atoms with E-state index < -0.39 is 0 Å². The van der Waals surface area contributed by atoms with Gasteiger partial charge in [0.2, 0.25) is 0 Å². The summed E-state index contributed by atoms with van der Waals surface area (Å²) in [6.07, 6.45) is 4.79. The Morgan fingerprint density at radius 3 is 2.85 bits per heavy atom. The molecule has 1 atom stereocenters. The molecule has 1 amide bonds. The Kier molecular flexibility index (Phi) is 6.61. The minimum absolute atomic E-state index is 0.113. The molecule has 168 valence electrons. The Balaban J connectivity index is 1.29. The monoisotopic (exact) mass is 497 g/mol. The van der Waals surface area contributed by atoms with Gasteiger partial charge >= 0.3 is 0 Å². The van der Waals surface area contributed by atoms with Crippen LogP contribution >= 0.6 is 34.7 Å². The molecule has 0 bridgehead atoms. The summed E-state index contributed by atoms with van der Waals surface area (Å²) in [6.45, 7) is 0.766. The summed E-state index contributed by atoms with van der Waals surface area (Å²) in [4.78, 5) is 14.5. The second-order valence-electron chi connectivity index (χ2n) is 7.45. The lowest BCUT2D eigenvalue weighted by molar-refractivity contribution is -0.130. The Bertz CT molecular complexity index is 1240. The van der Waals surface area contributed by atoms with E-state index in [2.05, 4.69) is 26.7 Å². The van der Waals surface area contributed by atoms with E-state index in [1.807, 2.05) is 47.0 Å². The van der Waals surface area contributed by atoms with E-state index in [1.54, 1.807) is 23.9 Å². The van der Waals surface area contributed by atoms with Crippen LogP contribution in [0.2, 0.25) is 5.02 Å². The number of carbonyl (C=O) groups excluding carboxylic acids is 1. The number of thiophene rings is 1. The van der Waals surface area contributed by atoms with E-state index in [-0.39, 0.29) is 17.7 Å². The molecule has 1 aromatic carbocycles. The standard InChI is InChI=1S/C23H20ClN5O2S2/c24-17-7-5-16(6-8-17)19-13-20(21-4-1-11-31-21)29(27-19)22(30)14-33-23-26-25-15-28(23)10-9-18-3-2-12-32-18/h1-8,11-12,15,20H,9-10,13-14H2. The number of halogens is 1. The summed E-state index contributed by atoms with van der Waals surface area (Å²) in [5.41, 5.74) is 1.76. The van der Waals surface area contributed by atoms with Gasteiger partial charge in [0.25, 0.3) is 5.91 Å². The number of carbonyl (C=O) groups is 1. The SMILES string of the molecule is O=C(CSc1nncn1CCc1cccs1)N1N=C(c2ccc(Cl)cc2)CC1c1ccco1. The summed E-state index contributed by atoms with van der Waals surface area (Å²) in [5.74, 6) is 0.796. The zero-order valence-electron chi connectivity index (χ0n) is 17.5. The van der Waals surface area contributed by atoms with Crippen LogP contribution in [0.15, 0.2) is 81.2 Å². The third kappa shape index (κ3) is 5.05. The van der Waals surface area contributed by atoms with Crippen molar-refractivity contribution in [2.75, 3.05) is 5.75 Å². The maximum Gasteiger partial charge on any atom is 0.253 e. The minimum Gasteiger partial charge on any atom is -0.467 e. The fraction of sp³-hybridized carbons (Fsp3) is 0.217. The highest BCUT2D eigenvalue weighted by atomic mass is 35.5. The molecule has 0 saturated heterocycles. The number of nitrogens with zero attached hydrogens (tertiary/aromatic N) is 5. The van der Waals surface area contributed by atoms with E-state index in [1.165, 1.54) is 21.6 Å². The second kappa shape index (κ2) is 9.94. The van der Waals surface area contributed by atoms with Crippen LogP contribution < -0.4 is 0 Å². The van der Waals surface area contributed by atoms with E-state index in [0.29, 0.717) is 17.2 Å². The van der Waals surface area contributed by atoms with Crippen molar-refractivity contribution in [3.63, 3.8) is 0 Å². The third-order valence-electron chi connectivity index (χ3n) is 5.30. The van der Waals surface area contributed by atoms with Gasteiger partial charge in [-0.05, 0) is 47.7 Å². The number of amides is 1. The molecule has 0 spiro atoms. The van der Waals surface area contributed by atoms with Gasteiger partial charge in [0.05, 0.1) is 17.7 Å². The maximum atomic E-state index is 13.2. The predicted octanol–water partition coefficient (Wildman–Crippen LogP) is 5.30. The lowest BCUT2D eigenvalue weighted by Gasteiger charge is -2.19. The predicted molar refractivity (Wildman–Crippen MR) is 130 cm³/mol. The van der Waals surface area contributed by atoms with Crippen LogP contribution in [0, 0.1) is 0 Å². The molecule has 1 aliphatic heterocycles. The van der Waals surface area contributed by atoms with Crippen LogP contribution in [0.25, 0.3) is 0 Å². The van der Waals surface area contributed by atoms with Gasteiger partial charge in [-0.1, -0.05) is 41.6 Å². The molecular weight excluding hydrogens is 478 g/mol. The van der Waals surface area contributed by atoms with Crippen molar-refractivity contribution < 1.29 is 9.21 Å². The molecule has 0 fully saturated rings. The molecular formula is C23H20ClN5O2S2. The van der Waals surface area contributed by atoms with Crippen molar-refractivity contribution in [3.05, 3.63) is 87.7 Å². The molecule has 0 N–H and O–H groups in total. The average Bonchev–Trinajstić information content (AvgIpc) is 3.62. The highest BCUT2D eigenvalue weighted by molar-refractivity contribution is 7.99. The molecule has 4 aromatic rings. The molecule has 1 aliphatic rings. The van der Waals surface area contributed by atoms with Gasteiger partial charge in [0, 0.05) is 22.9 Å². The summed E-state index contributed by atoms with van der Waals surface area (Å²) in [7, 11) is 0. The number of rotatable bonds is 8. The van der Waals surface area contributed by atoms with E-state index in [0.717, 1.165) is 29.4 Å². The van der Waals surface area contributed by atoms with E-state index >= 15 is 0 Å². The molecule has 7 nitrogen and oxygen atoms in total. The summed E-state index contributed by atoms with van der Waals surface area (Å²) in [6, 6.07) is 15.1. The number of hydrogen-bond donors (Lipinski definition) is 0. The molecule has 0 aliphatic carbocycles. The van der Waals surface area contributed by atoms with Crippen LogP contribution in [-0.4, -0.2) is 37.1 Å². The molecule has 1 unspecified atom stereocenters. The fourth-order valence-corrected chi connectivity index (χ4v) is 5.27. The Hall–Kier alpha value is -2.88. The highest BCUT2D eigenvalue weighted by Gasteiger charge is 2.34. The lowest BCUT2D eigenvalue weighted by atomic mass is 10.0. The number of furan rings is 1. The Labute approximate surface area is 204 Å². The van der Waals surface area contributed by atoms with E-state index in [4.69, 9.17) is 16.0 Å². The summed E-state index contributed by atoms with van der Waals surface area (Å²) >= 11 is 9.13. The first-order chi connectivity index (χ1) is 16.2. The van der Waals surface area contributed by atoms with Crippen LogP contribution in [-0.2, 0) is 17.8 Å². The molecule has 3 aromatic heterocycles. The van der Waals surface area contributed by atoms with Crippen LogP contribution in [0.3, 0.4) is 0 Å². The van der Waals surface area contributed by atoms with Crippen molar-refractivity contribution in [3.8, 4) is 0 Å². The molecule has 4 heterocycles. The lowest BCUT2D eigenvalue weighted by Crippen LogP contribution is -2.28. The molecule has 5 rings (SSSR count). The largest absolute Gasteiger partial charge is 0.467 e. The number of aromatic nitrogens is 3. The van der Waals surface area contributed by atoms with E-state index in [9.17, 15) is 4.79 Å². The topological polar surface area (TPSA) is 76.5 Å². The van der Waals surface area contributed by atoms with Gasteiger partial charge in [-0.2, -0.15) is 5.10 Å². The Morgan fingerprint density at radius 1 is 1.21 bits per heavy atom. The molecule has 0 radical (unpaired) electrons. The number of thioether (sulfide) groups is 1. The normalized spacial score (nSPS) is 15.7.